The van der Waals surface area contributed by atoms with Gasteiger partial charge in [-0.15, -0.1) is 0 Å². The van der Waals surface area contributed by atoms with E-state index < -0.39 is 5.97 Å². The monoisotopic (exact) mass is 531 g/mol. The zero-order valence-electron chi connectivity index (χ0n) is 23.3. The molecule has 0 saturated heterocycles. The van der Waals surface area contributed by atoms with Gasteiger partial charge in [-0.1, -0.05) is 26.0 Å². The Balaban J connectivity index is 1.48. The highest BCUT2D eigenvalue weighted by molar-refractivity contribution is 5.67. The van der Waals surface area contributed by atoms with Crippen molar-refractivity contribution >= 4 is 17.6 Å². The standard InChI is InChI=1S/C30H37N5O4/c1-19(2)38-26-11-9-23(16-24(26)17-31)28-33-29(34-39-28)35-14-6-7-22-15-21(8-10-25(22)35)20(3)32-18-30(4,5)13-12-27(36)37/h8-11,15-16,19-20,32H,6-7,12-14,18H2,1-5H3,(H,36,37). The molecular weight excluding hydrogens is 494 g/mol. The van der Waals surface area contributed by atoms with Gasteiger partial charge in [0.25, 0.3) is 11.8 Å². The second-order valence-electron chi connectivity index (χ2n) is 11.2. The number of ether oxygens (including phenoxy) is 1. The first-order valence-electron chi connectivity index (χ1n) is 13.5. The SMILES string of the molecule is CC(C)Oc1ccc(-c2nc(N3CCCc4cc(C(C)NCC(C)(C)CCC(=O)O)ccc43)no2)cc1C#N. The van der Waals surface area contributed by atoms with E-state index in [1.807, 2.05) is 19.9 Å². The smallest absolute Gasteiger partial charge is 0.303 e. The Labute approximate surface area is 229 Å². The third kappa shape index (κ3) is 6.95. The minimum Gasteiger partial charge on any atom is -0.490 e. The number of benzene rings is 2. The Kier molecular flexibility index (Phi) is 8.56. The van der Waals surface area contributed by atoms with Gasteiger partial charge in [0.05, 0.1) is 11.7 Å². The van der Waals surface area contributed by atoms with E-state index in [4.69, 9.17) is 14.4 Å². The summed E-state index contributed by atoms with van der Waals surface area (Å²) in [7, 11) is 0. The van der Waals surface area contributed by atoms with Crippen molar-refractivity contribution in [3.63, 3.8) is 0 Å². The summed E-state index contributed by atoms with van der Waals surface area (Å²) in [5, 5.41) is 26.4. The third-order valence-corrected chi connectivity index (χ3v) is 6.99. The van der Waals surface area contributed by atoms with Crippen molar-refractivity contribution in [1.82, 2.24) is 15.5 Å². The average molecular weight is 532 g/mol. The van der Waals surface area contributed by atoms with Crippen LogP contribution in [-0.2, 0) is 11.2 Å². The summed E-state index contributed by atoms with van der Waals surface area (Å²) in [5.74, 6) is 0.616. The first kappa shape index (κ1) is 28.1. The molecule has 2 aromatic carbocycles. The van der Waals surface area contributed by atoms with Gasteiger partial charge in [-0.25, -0.2) is 0 Å². The van der Waals surface area contributed by atoms with E-state index in [9.17, 15) is 10.1 Å². The molecule has 39 heavy (non-hydrogen) atoms. The van der Waals surface area contributed by atoms with Gasteiger partial charge >= 0.3 is 5.97 Å². The summed E-state index contributed by atoms with van der Waals surface area (Å²) in [6.45, 7) is 11.7. The maximum atomic E-state index is 11.0. The minimum atomic E-state index is -0.759. The van der Waals surface area contributed by atoms with Crippen LogP contribution in [0.25, 0.3) is 11.5 Å². The molecule has 0 saturated carbocycles. The Morgan fingerprint density at radius 3 is 2.77 bits per heavy atom. The number of aromatic nitrogens is 2. The number of aliphatic carboxylic acids is 1. The Hall–Kier alpha value is -3.90. The number of rotatable bonds is 11. The third-order valence-electron chi connectivity index (χ3n) is 6.99. The largest absolute Gasteiger partial charge is 0.490 e. The van der Waals surface area contributed by atoms with Crippen molar-refractivity contribution in [3.05, 3.63) is 53.1 Å². The Morgan fingerprint density at radius 2 is 2.05 bits per heavy atom. The molecule has 2 heterocycles. The molecule has 0 amide bonds. The number of nitrogens with zero attached hydrogens (tertiary/aromatic N) is 4. The van der Waals surface area contributed by atoms with Crippen molar-refractivity contribution in [1.29, 1.82) is 5.26 Å². The Bertz CT molecular complexity index is 1360. The van der Waals surface area contributed by atoms with Crippen LogP contribution >= 0.6 is 0 Å². The molecule has 9 nitrogen and oxygen atoms in total. The number of nitriles is 1. The van der Waals surface area contributed by atoms with Crippen LogP contribution in [0.15, 0.2) is 40.9 Å². The minimum absolute atomic E-state index is 0.0351. The molecule has 206 valence electrons. The first-order chi connectivity index (χ1) is 18.6. The molecule has 1 aliphatic rings. The highest BCUT2D eigenvalue weighted by Crippen LogP contribution is 2.35. The van der Waals surface area contributed by atoms with E-state index in [0.29, 0.717) is 35.1 Å². The van der Waals surface area contributed by atoms with Gasteiger partial charge < -0.3 is 24.6 Å². The van der Waals surface area contributed by atoms with Crippen LogP contribution in [0.5, 0.6) is 5.75 Å². The Morgan fingerprint density at radius 1 is 1.26 bits per heavy atom. The second kappa shape index (κ2) is 11.9. The fraction of sp³-hybridized carbons (Fsp3) is 0.467. The first-order valence-corrected chi connectivity index (χ1v) is 13.5. The highest BCUT2D eigenvalue weighted by atomic mass is 16.5. The summed E-state index contributed by atoms with van der Waals surface area (Å²) >= 11 is 0. The molecule has 0 radical (unpaired) electrons. The van der Waals surface area contributed by atoms with Crippen LogP contribution in [0.2, 0.25) is 0 Å². The van der Waals surface area contributed by atoms with Crippen molar-refractivity contribution in [2.45, 2.75) is 72.4 Å². The van der Waals surface area contributed by atoms with Crippen LogP contribution < -0.4 is 15.0 Å². The number of aryl methyl sites for hydroxylation is 1. The van der Waals surface area contributed by atoms with Gasteiger partial charge in [0.1, 0.15) is 11.8 Å². The van der Waals surface area contributed by atoms with Crippen molar-refractivity contribution < 1.29 is 19.2 Å². The average Bonchev–Trinajstić information content (AvgIpc) is 3.40. The molecule has 1 unspecified atom stereocenters. The molecule has 0 aliphatic carbocycles. The van der Waals surface area contributed by atoms with Crippen LogP contribution in [0, 0.1) is 16.7 Å². The van der Waals surface area contributed by atoms with E-state index in [0.717, 1.165) is 31.6 Å². The predicted octanol–water partition coefficient (Wildman–Crippen LogP) is 6.02. The number of hydrogen-bond donors (Lipinski definition) is 2. The summed E-state index contributed by atoms with van der Waals surface area (Å²) < 4.78 is 11.3. The summed E-state index contributed by atoms with van der Waals surface area (Å²) in [6.07, 6.45) is 2.69. The number of carboxylic acid groups (broad SMARTS) is 1. The van der Waals surface area contributed by atoms with Gasteiger partial charge in [-0.2, -0.15) is 10.2 Å². The lowest BCUT2D eigenvalue weighted by molar-refractivity contribution is -0.137. The lowest BCUT2D eigenvalue weighted by Crippen LogP contribution is -2.32. The van der Waals surface area contributed by atoms with Crippen LogP contribution in [0.3, 0.4) is 0 Å². The molecular formula is C30H37N5O4. The topological polar surface area (TPSA) is 125 Å². The van der Waals surface area contributed by atoms with Gasteiger partial charge in [-0.05, 0) is 86.0 Å². The summed E-state index contributed by atoms with van der Waals surface area (Å²) in [4.78, 5) is 17.7. The second-order valence-corrected chi connectivity index (χ2v) is 11.2. The van der Waals surface area contributed by atoms with Gasteiger partial charge in [0, 0.05) is 36.8 Å². The quantitative estimate of drug-likeness (QED) is 0.305. The fourth-order valence-electron chi connectivity index (χ4n) is 4.72. The fourth-order valence-corrected chi connectivity index (χ4v) is 4.72. The van der Waals surface area contributed by atoms with Gasteiger partial charge in [0.2, 0.25) is 0 Å². The number of anilines is 2. The molecule has 0 fully saturated rings. The zero-order valence-corrected chi connectivity index (χ0v) is 23.3. The van der Waals surface area contributed by atoms with Gasteiger partial charge in [0.15, 0.2) is 0 Å². The lowest BCUT2D eigenvalue weighted by atomic mass is 9.87. The van der Waals surface area contributed by atoms with Crippen molar-refractivity contribution in [2.75, 3.05) is 18.0 Å². The van der Waals surface area contributed by atoms with Gasteiger partial charge in [-0.3, -0.25) is 4.79 Å². The van der Waals surface area contributed by atoms with E-state index >= 15 is 0 Å². The molecule has 3 aromatic rings. The van der Waals surface area contributed by atoms with E-state index in [-0.39, 0.29) is 24.0 Å². The number of fused-ring (bicyclic) bond motifs is 1. The maximum absolute atomic E-state index is 11.0. The lowest BCUT2D eigenvalue weighted by Gasteiger charge is -2.30. The van der Waals surface area contributed by atoms with E-state index in [2.05, 4.69) is 65.4 Å². The number of carboxylic acids is 1. The molecule has 1 aromatic heterocycles. The molecule has 0 bridgehead atoms. The molecule has 1 aliphatic heterocycles. The van der Waals surface area contributed by atoms with E-state index in [1.165, 1.54) is 11.1 Å². The summed E-state index contributed by atoms with van der Waals surface area (Å²) in [6, 6.07) is 14.1. The number of hydrogen-bond acceptors (Lipinski definition) is 8. The van der Waals surface area contributed by atoms with Crippen molar-refractivity contribution in [2.24, 2.45) is 5.41 Å². The predicted molar refractivity (Wildman–Crippen MR) is 149 cm³/mol. The van der Waals surface area contributed by atoms with Crippen LogP contribution in [-0.4, -0.2) is 40.4 Å². The van der Waals surface area contributed by atoms with Crippen molar-refractivity contribution in [3.8, 4) is 23.3 Å². The van der Waals surface area contributed by atoms with Crippen LogP contribution in [0.1, 0.15) is 76.6 Å². The molecule has 2 N–H and O–H groups in total. The maximum Gasteiger partial charge on any atom is 0.303 e. The molecule has 9 heteroatoms. The molecule has 1 atom stereocenters. The highest BCUT2D eigenvalue weighted by Gasteiger charge is 2.25. The van der Waals surface area contributed by atoms with Crippen LogP contribution in [0.4, 0.5) is 11.6 Å². The number of nitrogens with one attached hydrogen (secondary N) is 1. The van der Waals surface area contributed by atoms with E-state index in [1.54, 1.807) is 12.1 Å². The molecule has 4 rings (SSSR count). The number of carbonyl (C=O) groups is 1. The zero-order chi connectivity index (χ0) is 28.2. The summed E-state index contributed by atoms with van der Waals surface area (Å²) in [5.41, 5.74) is 4.45. The molecule has 0 spiro atoms. The normalized spacial score (nSPS) is 14.1.